The van der Waals surface area contributed by atoms with E-state index < -0.39 is 23.9 Å². The van der Waals surface area contributed by atoms with Gasteiger partial charge in [0.25, 0.3) is 5.91 Å². The third-order valence-electron chi connectivity index (χ3n) is 4.51. The number of esters is 1. The Hall–Kier alpha value is -3.15. The number of hydrogen-bond donors (Lipinski definition) is 1. The summed E-state index contributed by atoms with van der Waals surface area (Å²) in [4.78, 5) is 38.4. The van der Waals surface area contributed by atoms with Crippen molar-refractivity contribution < 1.29 is 19.1 Å². The Bertz CT molecular complexity index is 833. The molecule has 1 aliphatic heterocycles. The minimum absolute atomic E-state index is 0.0831. The Morgan fingerprint density at radius 3 is 2.44 bits per heavy atom. The highest BCUT2D eigenvalue weighted by Crippen LogP contribution is 2.26. The second kappa shape index (κ2) is 8.03. The predicted octanol–water partition coefficient (Wildman–Crippen LogP) is 2.92. The highest BCUT2D eigenvalue weighted by Gasteiger charge is 2.37. The Morgan fingerprint density at radius 1 is 1.11 bits per heavy atom. The zero-order valence-corrected chi connectivity index (χ0v) is 15.3. The maximum Gasteiger partial charge on any atom is 0.312 e. The summed E-state index contributed by atoms with van der Waals surface area (Å²) < 4.78 is 5.29. The standard InChI is InChI=1S/C21H22N2O4/c1-14-8-10-18(11-9-14)23-13-16(12-19(23)24)21(26)27-15(2)20(25)22-17-6-4-3-5-7-17/h3-11,15-16H,12-13H2,1-2H3,(H,22,25). The van der Waals surface area contributed by atoms with Gasteiger partial charge in [-0.05, 0) is 38.1 Å². The normalized spacial score (nSPS) is 17.5. The lowest BCUT2D eigenvalue weighted by Crippen LogP contribution is -2.33. The van der Waals surface area contributed by atoms with Crippen molar-refractivity contribution in [3.63, 3.8) is 0 Å². The fourth-order valence-corrected chi connectivity index (χ4v) is 2.93. The number of carbonyl (C=O) groups is 3. The molecule has 1 saturated heterocycles. The molecule has 3 rings (SSSR count). The average Bonchev–Trinajstić information content (AvgIpc) is 3.05. The number of aryl methyl sites for hydroxylation is 1. The van der Waals surface area contributed by atoms with Crippen molar-refractivity contribution in [2.75, 3.05) is 16.8 Å². The summed E-state index contributed by atoms with van der Waals surface area (Å²) in [6.45, 7) is 3.75. The average molecular weight is 366 g/mol. The minimum atomic E-state index is -0.943. The molecular weight excluding hydrogens is 344 g/mol. The molecule has 0 aromatic heterocycles. The number of nitrogens with one attached hydrogen (secondary N) is 1. The van der Waals surface area contributed by atoms with Gasteiger partial charge >= 0.3 is 5.97 Å². The first-order valence-electron chi connectivity index (χ1n) is 8.87. The van der Waals surface area contributed by atoms with Crippen LogP contribution in [0.15, 0.2) is 54.6 Å². The zero-order valence-electron chi connectivity index (χ0n) is 15.3. The number of carbonyl (C=O) groups excluding carboxylic acids is 3. The van der Waals surface area contributed by atoms with Crippen LogP contribution in [0.25, 0.3) is 0 Å². The smallest absolute Gasteiger partial charge is 0.312 e. The number of hydrogen-bond acceptors (Lipinski definition) is 4. The third-order valence-corrected chi connectivity index (χ3v) is 4.51. The molecule has 1 aliphatic rings. The van der Waals surface area contributed by atoms with Crippen LogP contribution < -0.4 is 10.2 Å². The molecule has 27 heavy (non-hydrogen) atoms. The topological polar surface area (TPSA) is 75.7 Å². The van der Waals surface area contributed by atoms with Crippen LogP contribution in [0.3, 0.4) is 0 Å². The molecule has 0 spiro atoms. The van der Waals surface area contributed by atoms with E-state index >= 15 is 0 Å². The number of amides is 2. The van der Waals surface area contributed by atoms with Crippen LogP contribution in [-0.2, 0) is 19.1 Å². The molecule has 1 heterocycles. The molecule has 1 N–H and O–H groups in total. The molecular formula is C21H22N2O4. The van der Waals surface area contributed by atoms with Crippen LogP contribution in [0.2, 0.25) is 0 Å². The van der Waals surface area contributed by atoms with E-state index in [0.717, 1.165) is 11.3 Å². The number of nitrogens with zero attached hydrogens (tertiary/aromatic N) is 1. The van der Waals surface area contributed by atoms with Crippen molar-refractivity contribution in [3.8, 4) is 0 Å². The Balaban J connectivity index is 1.57. The van der Waals surface area contributed by atoms with Crippen LogP contribution in [0.4, 0.5) is 11.4 Å². The molecule has 6 nitrogen and oxygen atoms in total. The fraction of sp³-hybridized carbons (Fsp3) is 0.286. The number of ether oxygens (including phenoxy) is 1. The minimum Gasteiger partial charge on any atom is -0.452 e. The van der Waals surface area contributed by atoms with E-state index in [4.69, 9.17) is 4.74 Å². The molecule has 0 aliphatic carbocycles. The van der Waals surface area contributed by atoms with Gasteiger partial charge < -0.3 is 15.0 Å². The lowest BCUT2D eigenvalue weighted by atomic mass is 10.1. The first kappa shape index (κ1) is 18.6. The number of benzene rings is 2. The maximum atomic E-state index is 12.4. The monoisotopic (exact) mass is 366 g/mol. The Morgan fingerprint density at radius 2 is 1.78 bits per heavy atom. The van der Waals surface area contributed by atoms with E-state index in [1.165, 1.54) is 6.92 Å². The van der Waals surface area contributed by atoms with Gasteiger partial charge in [0, 0.05) is 24.3 Å². The molecule has 2 atom stereocenters. The van der Waals surface area contributed by atoms with Crippen LogP contribution >= 0.6 is 0 Å². The Kier molecular flexibility index (Phi) is 5.54. The van der Waals surface area contributed by atoms with E-state index in [9.17, 15) is 14.4 Å². The van der Waals surface area contributed by atoms with Gasteiger partial charge in [-0.1, -0.05) is 35.9 Å². The van der Waals surface area contributed by atoms with Crippen molar-refractivity contribution in [2.24, 2.45) is 5.92 Å². The fourth-order valence-electron chi connectivity index (χ4n) is 2.93. The highest BCUT2D eigenvalue weighted by molar-refractivity contribution is 6.00. The van der Waals surface area contributed by atoms with E-state index in [1.807, 2.05) is 37.3 Å². The van der Waals surface area contributed by atoms with Gasteiger partial charge in [-0.15, -0.1) is 0 Å². The van der Waals surface area contributed by atoms with Crippen molar-refractivity contribution >= 4 is 29.2 Å². The van der Waals surface area contributed by atoms with Crippen molar-refractivity contribution in [2.45, 2.75) is 26.4 Å². The quantitative estimate of drug-likeness (QED) is 0.826. The molecule has 2 aromatic carbocycles. The molecule has 1 fully saturated rings. The predicted molar refractivity (Wildman–Crippen MR) is 102 cm³/mol. The number of rotatable bonds is 5. The summed E-state index contributed by atoms with van der Waals surface area (Å²) in [6, 6.07) is 16.5. The van der Waals surface area contributed by atoms with Crippen LogP contribution in [0.5, 0.6) is 0 Å². The van der Waals surface area contributed by atoms with Gasteiger partial charge in [0.05, 0.1) is 5.92 Å². The van der Waals surface area contributed by atoms with Gasteiger partial charge in [0.15, 0.2) is 6.10 Å². The molecule has 6 heteroatoms. The zero-order chi connectivity index (χ0) is 19.4. The summed E-state index contributed by atoms with van der Waals surface area (Å²) in [5.74, 6) is -1.64. The van der Waals surface area contributed by atoms with E-state index in [-0.39, 0.29) is 18.9 Å². The molecule has 0 radical (unpaired) electrons. The lowest BCUT2D eigenvalue weighted by Gasteiger charge is -2.18. The number of para-hydroxylation sites is 1. The van der Waals surface area contributed by atoms with Crippen molar-refractivity contribution in [3.05, 3.63) is 60.2 Å². The van der Waals surface area contributed by atoms with E-state index in [0.29, 0.717) is 5.69 Å². The summed E-state index contributed by atoms with van der Waals surface area (Å²) in [6.07, 6.45) is -0.860. The van der Waals surface area contributed by atoms with Crippen molar-refractivity contribution in [1.82, 2.24) is 0 Å². The van der Waals surface area contributed by atoms with Gasteiger partial charge in [-0.25, -0.2) is 0 Å². The van der Waals surface area contributed by atoms with Gasteiger partial charge in [0.2, 0.25) is 5.91 Å². The molecule has 2 aromatic rings. The summed E-state index contributed by atoms with van der Waals surface area (Å²) >= 11 is 0. The molecule has 2 amide bonds. The second-order valence-electron chi connectivity index (χ2n) is 6.68. The first-order chi connectivity index (χ1) is 12.9. The molecule has 0 bridgehead atoms. The van der Waals surface area contributed by atoms with E-state index in [2.05, 4.69) is 5.32 Å². The van der Waals surface area contributed by atoms with E-state index in [1.54, 1.807) is 29.2 Å². The summed E-state index contributed by atoms with van der Waals surface area (Å²) in [5.41, 5.74) is 2.49. The van der Waals surface area contributed by atoms with Gasteiger partial charge in [0.1, 0.15) is 0 Å². The Labute approximate surface area is 158 Å². The molecule has 2 unspecified atom stereocenters. The summed E-state index contributed by atoms with van der Waals surface area (Å²) in [7, 11) is 0. The van der Waals surface area contributed by atoms with Crippen molar-refractivity contribution in [1.29, 1.82) is 0 Å². The van der Waals surface area contributed by atoms with Crippen LogP contribution in [0.1, 0.15) is 18.9 Å². The van der Waals surface area contributed by atoms with Gasteiger partial charge in [-0.3, -0.25) is 14.4 Å². The molecule has 140 valence electrons. The lowest BCUT2D eigenvalue weighted by molar-refractivity contribution is -0.157. The third kappa shape index (κ3) is 4.53. The second-order valence-corrected chi connectivity index (χ2v) is 6.68. The largest absolute Gasteiger partial charge is 0.452 e. The SMILES string of the molecule is Cc1ccc(N2CC(C(=O)OC(C)C(=O)Nc3ccccc3)CC2=O)cc1. The maximum absolute atomic E-state index is 12.4. The first-order valence-corrected chi connectivity index (χ1v) is 8.87. The van der Waals surface area contributed by atoms with Gasteiger partial charge in [-0.2, -0.15) is 0 Å². The van der Waals surface area contributed by atoms with Crippen LogP contribution in [0, 0.1) is 12.8 Å². The molecule has 0 saturated carbocycles. The van der Waals surface area contributed by atoms with Crippen LogP contribution in [-0.4, -0.2) is 30.4 Å². The number of anilines is 2. The highest BCUT2D eigenvalue weighted by atomic mass is 16.5. The summed E-state index contributed by atoms with van der Waals surface area (Å²) in [5, 5.41) is 2.69.